The Morgan fingerprint density at radius 3 is 2.45 bits per heavy atom. The van der Waals surface area contributed by atoms with Gasteiger partial charge < -0.3 is 4.74 Å². The first-order valence-corrected chi connectivity index (χ1v) is 9.73. The second kappa shape index (κ2) is 8.24. The number of para-hydroxylation sites is 1. The predicted molar refractivity (Wildman–Crippen MR) is 115 cm³/mol. The number of aromatic nitrogens is 1. The smallest absolute Gasteiger partial charge is 0.257 e. The number of carbonyl (C=O) groups excluding carboxylic acids is 1. The Balaban J connectivity index is 1.69. The van der Waals surface area contributed by atoms with Crippen LogP contribution in [0.1, 0.15) is 5.56 Å². The summed E-state index contributed by atoms with van der Waals surface area (Å²) in [5.74, 6) is 0.113. The number of fused-ring (bicyclic) bond motifs is 1. The Morgan fingerprint density at radius 1 is 1.03 bits per heavy atom. The van der Waals surface area contributed by atoms with E-state index in [1.54, 1.807) is 25.3 Å². The first-order valence-electron chi connectivity index (χ1n) is 8.91. The molecule has 6 heteroatoms. The third-order valence-electron chi connectivity index (χ3n) is 4.31. The minimum Gasteiger partial charge on any atom is -0.497 e. The van der Waals surface area contributed by atoms with Crippen molar-refractivity contribution in [1.29, 1.82) is 0 Å². The van der Waals surface area contributed by atoms with Gasteiger partial charge in [-0.15, -0.1) is 0 Å². The van der Waals surface area contributed by atoms with Gasteiger partial charge in [-0.2, -0.15) is 0 Å². The summed E-state index contributed by atoms with van der Waals surface area (Å²) in [6.45, 7) is 0. The zero-order valence-corrected chi connectivity index (χ0v) is 16.4. The van der Waals surface area contributed by atoms with Crippen LogP contribution in [-0.2, 0) is 4.79 Å². The highest BCUT2D eigenvalue weighted by Crippen LogP contribution is 2.33. The molecule has 3 aromatic carbocycles. The highest BCUT2D eigenvalue weighted by molar-refractivity contribution is 7.22. The van der Waals surface area contributed by atoms with Crippen molar-refractivity contribution in [3.05, 3.63) is 90.3 Å². The summed E-state index contributed by atoms with van der Waals surface area (Å²) in [7, 11) is 1.60. The number of carbonyl (C=O) groups is 1. The molecule has 0 bridgehead atoms. The number of anilines is 2. The van der Waals surface area contributed by atoms with Crippen LogP contribution >= 0.6 is 11.3 Å². The van der Waals surface area contributed by atoms with Crippen LogP contribution in [0.2, 0.25) is 0 Å². The zero-order chi connectivity index (χ0) is 20.2. The quantitative estimate of drug-likeness (QED) is 0.394. The maximum Gasteiger partial charge on any atom is 0.257 e. The summed E-state index contributed by atoms with van der Waals surface area (Å²) in [6.07, 6.45) is 3.21. The summed E-state index contributed by atoms with van der Waals surface area (Å²) in [6, 6.07) is 20.9. The van der Waals surface area contributed by atoms with E-state index in [2.05, 4.69) is 4.98 Å². The standard InChI is InChI=1S/C23H17FN2O2S/c1-28-19-13-6-16(7-14-19)8-15-22(27)26(18-11-9-17(24)10-12-18)23-25-20-4-2-3-5-21(20)29-23/h2-15H,1H3. The topological polar surface area (TPSA) is 42.4 Å². The Bertz CT molecular complexity index is 1130. The highest BCUT2D eigenvalue weighted by atomic mass is 32.1. The van der Waals surface area contributed by atoms with Gasteiger partial charge >= 0.3 is 0 Å². The molecule has 0 saturated heterocycles. The molecule has 0 saturated carbocycles. The number of amides is 1. The van der Waals surface area contributed by atoms with E-state index in [1.807, 2.05) is 48.5 Å². The number of hydrogen-bond donors (Lipinski definition) is 0. The molecule has 144 valence electrons. The number of rotatable bonds is 5. The van der Waals surface area contributed by atoms with Gasteiger partial charge in [0.1, 0.15) is 11.6 Å². The lowest BCUT2D eigenvalue weighted by atomic mass is 10.2. The van der Waals surface area contributed by atoms with Crippen molar-refractivity contribution in [2.24, 2.45) is 0 Å². The van der Waals surface area contributed by atoms with Crippen LogP contribution in [0.4, 0.5) is 15.2 Å². The molecular formula is C23H17FN2O2S. The monoisotopic (exact) mass is 404 g/mol. The highest BCUT2D eigenvalue weighted by Gasteiger charge is 2.20. The molecule has 29 heavy (non-hydrogen) atoms. The molecule has 4 nitrogen and oxygen atoms in total. The van der Waals surface area contributed by atoms with Crippen molar-refractivity contribution in [2.45, 2.75) is 0 Å². The molecular weight excluding hydrogens is 387 g/mol. The summed E-state index contributed by atoms with van der Waals surface area (Å²) in [5, 5.41) is 0.530. The molecule has 0 atom stereocenters. The lowest BCUT2D eigenvalue weighted by molar-refractivity contribution is -0.113. The van der Waals surface area contributed by atoms with E-state index in [4.69, 9.17) is 4.74 Å². The van der Waals surface area contributed by atoms with Crippen LogP contribution in [0.5, 0.6) is 5.75 Å². The summed E-state index contributed by atoms with van der Waals surface area (Å²) < 4.78 is 19.5. The Morgan fingerprint density at radius 2 is 1.76 bits per heavy atom. The normalized spacial score (nSPS) is 11.1. The average molecular weight is 404 g/mol. The fourth-order valence-corrected chi connectivity index (χ4v) is 3.83. The van der Waals surface area contributed by atoms with E-state index in [0.717, 1.165) is 21.5 Å². The molecule has 1 heterocycles. The van der Waals surface area contributed by atoms with E-state index in [1.165, 1.54) is 34.4 Å². The van der Waals surface area contributed by atoms with E-state index < -0.39 is 0 Å². The second-order valence-corrected chi connectivity index (χ2v) is 7.23. The van der Waals surface area contributed by atoms with Crippen LogP contribution in [0.25, 0.3) is 16.3 Å². The van der Waals surface area contributed by atoms with Crippen LogP contribution in [0.15, 0.2) is 78.9 Å². The summed E-state index contributed by atoms with van der Waals surface area (Å²) >= 11 is 1.41. The van der Waals surface area contributed by atoms with Gasteiger partial charge in [0, 0.05) is 6.08 Å². The van der Waals surface area contributed by atoms with Crippen molar-refractivity contribution in [3.63, 3.8) is 0 Å². The summed E-state index contributed by atoms with van der Waals surface area (Å²) in [5.41, 5.74) is 2.23. The number of benzene rings is 3. The minimum atomic E-state index is -0.362. The molecule has 4 rings (SSSR count). The number of ether oxygens (including phenoxy) is 1. The molecule has 0 aliphatic carbocycles. The molecule has 0 radical (unpaired) electrons. The molecule has 1 amide bonds. The number of hydrogen-bond acceptors (Lipinski definition) is 4. The fraction of sp³-hybridized carbons (Fsp3) is 0.0435. The van der Waals surface area contributed by atoms with Crippen molar-refractivity contribution in [2.75, 3.05) is 12.0 Å². The molecule has 4 aromatic rings. The SMILES string of the molecule is COc1ccc(C=CC(=O)N(c2ccc(F)cc2)c2nc3ccccc3s2)cc1. The van der Waals surface area contributed by atoms with Gasteiger partial charge in [-0.3, -0.25) is 9.69 Å². The van der Waals surface area contributed by atoms with Gasteiger partial charge in [0.15, 0.2) is 5.13 Å². The largest absolute Gasteiger partial charge is 0.497 e. The van der Waals surface area contributed by atoms with E-state index >= 15 is 0 Å². The number of methoxy groups -OCH3 is 1. The maximum absolute atomic E-state index is 13.4. The Kier molecular flexibility index (Phi) is 5.35. The van der Waals surface area contributed by atoms with Gasteiger partial charge in [-0.25, -0.2) is 9.37 Å². The molecule has 0 aliphatic heterocycles. The Hall–Kier alpha value is -3.51. The molecule has 1 aromatic heterocycles. The molecule has 0 fully saturated rings. The molecule has 0 aliphatic rings. The molecule has 0 unspecified atom stereocenters. The zero-order valence-electron chi connectivity index (χ0n) is 15.6. The van der Waals surface area contributed by atoms with Crippen molar-refractivity contribution in [3.8, 4) is 5.75 Å². The number of halogens is 1. The first kappa shape index (κ1) is 18.8. The van der Waals surface area contributed by atoms with E-state index in [-0.39, 0.29) is 11.7 Å². The van der Waals surface area contributed by atoms with Gasteiger partial charge in [0.2, 0.25) is 0 Å². The average Bonchev–Trinajstić information content (AvgIpc) is 3.17. The third-order valence-corrected chi connectivity index (χ3v) is 5.33. The number of nitrogens with zero attached hydrogens (tertiary/aromatic N) is 2. The van der Waals surface area contributed by atoms with E-state index in [0.29, 0.717) is 10.8 Å². The van der Waals surface area contributed by atoms with Crippen molar-refractivity contribution in [1.82, 2.24) is 4.98 Å². The van der Waals surface area contributed by atoms with E-state index in [9.17, 15) is 9.18 Å². The fourth-order valence-electron chi connectivity index (χ4n) is 2.83. The van der Waals surface area contributed by atoms with Gasteiger partial charge in [0.25, 0.3) is 5.91 Å². The van der Waals surface area contributed by atoms with Crippen molar-refractivity contribution < 1.29 is 13.9 Å². The van der Waals surface area contributed by atoms with Crippen LogP contribution < -0.4 is 9.64 Å². The van der Waals surface area contributed by atoms with Crippen molar-refractivity contribution >= 4 is 44.4 Å². The van der Waals surface area contributed by atoms with Crippen LogP contribution in [-0.4, -0.2) is 18.0 Å². The second-order valence-electron chi connectivity index (χ2n) is 6.22. The third kappa shape index (κ3) is 4.17. The van der Waals surface area contributed by atoms with Crippen LogP contribution in [0, 0.1) is 5.82 Å². The maximum atomic E-state index is 13.4. The molecule has 0 N–H and O–H groups in total. The van der Waals surface area contributed by atoms with Gasteiger partial charge in [0.05, 0.1) is 23.0 Å². The lowest BCUT2D eigenvalue weighted by Gasteiger charge is -2.18. The summed E-state index contributed by atoms with van der Waals surface area (Å²) in [4.78, 5) is 19.2. The first-order chi connectivity index (χ1) is 14.1. The number of thiazole rings is 1. The Labute approximate surface area is 171 Å². The minimum absolute atomic E-state index is 0.272. The van der Waals surface area contributed by atoms with Crippen LogP contribution in [0.3, 0.4) is 0 Å². The predicted octanol–water partition coefficient (Wildman–Crippen LogP) is 5.82. The van der Waals surface area contributed by atoms with Gasteiger partial charge in [-0.1, -0.05) is 35.6 Å². The molecule has 0 spiro atoms. The van der Waals surface area contributed by atoms with Gasteiger partial charge in [-0.05, 0) is 60.2 Å². The lowest BCUT2D eigenvalue weighted by Crippen LogP contribution is -2.23.